The van der Waals surface area contributed by atoms with Crippen LogP contribution in [0.2, 0.25) is 0 Å². The van der Waals surface area contributed by atoms with Crippen LogP contribution in [0.5, 0.6) is 0 Å². The van der Waals surface area contributed by atoms with Crippen LogP contribution in [-0.4, -0.2) is 59.1 Å². The number of nitrogens with zero attached hydrogens (tertiary/aromatic N) is 2. The fourth-order valence-electron chi connectivity index (χ4n) is 4.17. The number of rotatable bonds is 8. The van der Waals surface area contributed by atoms with Gasteiger partial charge in [-0.2, -0.15) is 0 Å². The maximum Gasteiger partial charge on any atom is 0.326 e. The van der Waals surface area contributed by atoms with Crippen molar-refractivity contribution < 1.29 is 24.2 Å². The number of esters is 1. The zero-order valence-corrected chi connectivity index (χ0v) is 18.6. The van der Waals surface area contributed by atoms with Gasteiger partial charge in [0.1, 0.15) is 6.04 Å². The monoisotopic (exact) mass is 438 g/mol. The van der Waals surface area contributed by atoms with Crippen molar-refractivity contribution in [2.45, 2.75) is 38.8 Å². The molecule has 7 nitrogen and oxygen atoms in total. The molecule has 0 fully saturated rings. The van der Waals surface area contributed by atoms with Gasteiger partial charge < -0.3 is 19.6 Å². The second-order valence-electron chi connectivity index (χ2n) is 8.02. The van der Waals surface area contributed by atoms with Crippen LogP contribution in [0.15, 0.2) is 54.6 Å². The summed E-state index contributed by atoms with van der Waals surface area (Å²) in [6, 6.07) is 16.1. The highest BCUT2D eigenvalue weighted by atomic mass is 16.5. The van der Waals surface area contributed by atoms with E-state index in [1.807, 2.05) is 61.5 Å². The van der Waals surface area contributed by atoms with Crippen molar-refractivity contribution >= 4 is 18.0 Å². The third-order valence-corrected chi connectivity index (χ3v) is 6.03. The molecule has 0 aliphatic carbocycles. The van der Waals surface area contributed by atoms with Gasteiger partial charge in [-0.15, -0.1) is 0 Å². The summed E-state index contributed by atoms with van der Waals surface area (Å²) in [5.41, 5.74) is 3.00. The smallest absolute Gasteiger partial charge is 0.326 e. The second kappa shape index (κ2) is 10.8. The summed E-state index contributed by atoms with van der Waals surface area (Å²) < 4.78 is 4.99. The SMILES string of the molecule is CCN(C[C@H](CCc1ccccc1)C(=O)OC)C(=O)N1Cc2ccccc2C[C@H]1C(=O)O. The minimum atomic E-state index is -1.03. The van der Waals surface area contributed by atoms with Gasteiger partial charge in [-0.1, -0.05) is 54.6 Å². The summed E-state index contributed by atoms with van der Waals surface area (Å²) in [5, 5.41) is 9.77. The average molecular weight is 439 g/mol. The third-order valence-electron chi connectivity index (χ3n) is 6.03. The van der Waals surface area contributed by atoms with Crippen molar-refractivity contribution in [1.82, 2.24) is 9.80 Å². The predicted octanol–water partition coefficient (Wildman–Crippen LogP) is 3.36. The summed E-state index contributed by atoms with van der Waals surface area (Å²) in [7, 11) is 1.35. The fourth-order valence-corrected chi connectivity index (χ4v) is 4.17. The molecule has 0 saturated heterocycles. The molecule has 0 radical (unpaired) electrons. The molecule has 1 heterocycles. The van der Waals surface area contributed by atoms with Gasteiger partial charge in [-0.3, -0.25) is 4.79 Å². The van der Waals surface area contributed by atoms with Crippen LogP contribution in [0.1, 0.15) is 30.0 Å². The number of aliphatic carboxylic acids is 1. The number of carboxylic acids is 1. The summed E-state index contributed by atoms with van der Waals surface area (Å²) in [4.78, 5) is 40.8. The number of hydrogen-bond acceptors (Lipinski definition) is 4. The Hall–Kier alpha value is -3.35. The van der Waals surface area contributed by atoms with E-state index in [-0.39, 0.29) is 31.5 Å². The highest BCUT2D eigenvalue weighted by Crippen LogP contribution is 2.25. The van der Waals surface area contributed by atoms with Crippen LogP contribution < -0.4 is 0 Å². The van der Waals surface area contributed by atoms with Crippen molar-refractivity contribution in [2.24, 2.45) is 5.92 Å². The topological polar surface area (TPSA) is 87.2 Å². The molecule has 0 saturated carbocycles. The minimum Gasteiger partial charge on any atom is -0.480 e. The van der Waals surface area contributed by atoms with Crippen molar-refractivity contribution in [3.05, 3.63) is 71.3 Å². The van der Waals surface area contributed by atoms with Gasteiger partial charge in [0.05, 0.1) is 13.0 Å². The van der Waals surface area contributed by atoms with Crippen LogP contribution >= 0.6 is 0 Å². The van der Waals surface area contributed by atoms with E-state index in [0.717, 1.165) is 16.7 Å². The maximum atomic E-state index is 13.4. The lowest BCUT2D eigenvalue weighted by atomic mass is 9.94. The highest BCUT2D eigenvalue weighted by molar-refractivity contribution is 5.84. The van der Waals surface area contributed by atoms with Gasteiger partial charge >= 0.3 is 18.0 Å². The molecule has 32 heavy (non-hydrogen) atoms. The third kappa shape index (κ3) is 5.46. The molecule has 2 aromatic rings. The number of urea groups is 1. The maximum absolute atomic E-state index is 13.4. The Balaban J connectivity index is 1.76. The second-order valence-corrected chi connectivity index (χ2v) is 8.02. The molecule has 2 amide bonds. The molecule has 2 atom stereocenters. The van der Waals surface area contributed by atoms with E-state index in [2.05, 4.69) is 0 Å². The van der Waals surface area contributed by atoms with Gasteiger partial charge in [-0.05, 0) is 36.5 Å². The minimum absolute atomic E-state index is 0.180. The van der Waals surface area contributed by atoms with E-state index in [9.17, 15) is 19.5 Å². The fraction of sp³-hybridized carbons (Fsp3) is 0.400. The Morgan fingerprint density at radius 2 is 1.75 bits per heavy atom. The predicted molar refractivity (Wildman–Crippen MR) is 120 cm³/mol. The van der Waals surface area contributed by atoms with E-state index in [0.29, 0.717) is 19.4 Å². The van der Waals surface area contributed by atoms with E-state index < -0.39 is 17.9 Å². The number of amides is 2. The molecule has 170 valence electrons. The zero-order chi connectivity index (χ0) is 23.1. The molecule has 0 bridgehead atoms. The molecule has 0 aromatic heterocycles. The zero-order valence-electron chi connectivity index (χ0n) is 18.6. The summed E-state index contributed by atoms with van der Waals surface area (Å²) in [5.74, 6) is -1.90. The lowest BCUT2D eigenvalue weighted by molar-refractivity contribution is -0.146. The Bertz CT molecular complexity index is 946. The van der Waals surface area contributed by atoms with Crippen molar-refractivity contribution in [1.29, 1.82) is 0 Å². The highest BCUT2D eigenvalue weighted by Gasteiger charge is 2.37. The number of ether oxygens (including phenoxy) is 1. The van der Waals surface area contributed by atoms with Gasteiger partial charge in [0.2, 0.25) is 0 Å². The van der Waals surface area contributed by atoms with Crippen LogP contribution in [0.4, 0.5) is 4.79 Å². The quantitative estimate of drug-likeness (QED) is 0.639. The van der Waals surface area contributed by atoms with Crippen LogP contribution in [-0.2, 0) is 33.7 Å². The summed E-state index contributed by atoms with van der Waals surface area (Å²) >= 11 is 0. The average Bonchev–Trinajstić information content (AvgIpc) is 2.83. The number of benzene rings is 2. The van der Waals surface area contributed by atoms with E-state index in [1.165, 1.54) is 12.0 Å². The molecular formula is C25H30N2O5. The van der Waals surface area contributed by atoms with Crippen LogP contribution in [0, 0.1) is 5.92 Å². The van der Waals surface area contributed by atoms with Gasteiger partial charge in [0.25, 0.3) is 0 Å². The number of carboxylic acid groups (broad SMARTS) is 1. The molecule has 1 N–H and O–H groups in total. The largest absolute Gasteiger partial charge is 0.480 e. The number of hydrogen-bond donors (Lipinski definition) is 1. The van der Waals surface area contributed by atoms with Crippen molar-refractivity contribution in [2.75, 3.05) is 20.2 Å². The Morgan fingerprint density at radius 3 is 2.38 bits per heavy atom. The Morgan fingerprint density at radius 1 is 1.09 bits per heavy atom. The molecule has 1 aliphatic rings. The Labute approximate surface area is 188 Å². The van der Waals surface area contributed by atoms with Crippen molar-refractivity contribution in [3.8, 4) is 0 Å². The molecule has 7 heteroatoms. The van der Waals surface area contributed by atoms with Crippen molar-refractivity contribution in [3.63, 3.8) is 0 Å². The van der Waals surface area contributed by atoms with E-state index in [4.69, 9.17) is 4.74 Å². The van der Waals surface area contributed by atoms with Gasteiger partial charge in [0, 0.05) is 26.1 Å². The van der Waals surface area contributed by atoms with Gasteiger partial charge in [-0.25, -0.2) is 9.59 Å². The molecule has 0 spiro atoms. The van der Waals surface area contributed by atoms with E-state index >= 15 is 0 Å². The molecule has 2 aromatic carbocycles. The molecule has 3 rings (SSSR count). The molecule has 1 aliphatic heterocycles. The van der Waals surface area contributed by atoms with Gasteiger partial charge in [0.15, 0.2) is 0 Å². The number of fused-ring (bicyclic) bond motifs is 1. The van der Waals surface area contributed by atoms with Crippen LogP contribution in [0.3, 0.4) is 0 Å². The first kappa shape index (κ1) is 23.3. The van der Waals surface area contributed by atoms with E-state index in [1.54, 1.807) is 4.90 Å². The number of carbonyl (C=O) groups is 3. The normalized spacial score (nSPS) is 16.1. The number of carbonyl (C=O) groups excluding carboxylic acids is 2. The lowest BCUT2D eigenvalue weighted by Crippen LogP contribution is -2.54. The Kier molecular flexibility index (Phi) is 7.87. The summed E-state index contributed by atoms with van der Waals surface area (Å²) in [6.07, 6.45) is 1.48. The first-order chi connectivity index (χ1) is 15.4. The number of methoxy groups -OCH3 is 1. The molecular weight excluding hydrogens is 408 g/mol. The first-order valence-electron chi connectivity index (χ1n) is 10.9. The summed E-state index contributed by atoms with van der Waals surface area (Å²) in [6.45, 7) is 2.61. The molecule has 0 unspecified atom stereocenters. The standard InChI is InChI=1S/C25H30N2O5/c1-3-26(16-21(24(30)32-2)14-13-18-9-5-4-6-10-18)25(31)27-17-20-12-8-7-11-19(20)15-22(27)23(28)29/h4-12,21-22H,3,13-17H2,1-2H3,(H,28,29)/t21-,22-/m0/s1. The first-order valence-corrected chi connectivity index (χ1v) is 10.9. The van der Waals surface area contributed by atoms with Crippen LogP contribution in [0.25, 0.3) is 0 Å². The lowest BCUT2D eigenvalue weighted by Gasteiger charge is -2.38. The number of aryl methyl sites for hydroxylation is 1.